The van der Waals surface area contributed by atoms with Crippen molar-refractivity contribution in [1.82, 2.24) is 5.32 Å². The highest BCUT2D eigenvalue weighted by molar-refractivity contribution is 5.89. The Morgan fingerprint density at radius 2 is 1.55 bits per heavy atom. The molecule has 0 aliphatic heterocycles. The normalized spacial score (nSPS) is 11.8. The van der Waals surface area contributed by atoms with Crippen LogP contribution in [0.15, 0.2) is 91.0 Å². The number of phenols is 1. The van der Waals surface area contributed by atoms with Gasteiger partial charge in [0.15, 0.2) is 0 Å². The highest BCUT2D eigenvalue weighted by Crippen LogP contribution is 2.36. The number of hydrogen-bond acceptors (Lipinski definition) is 3. The number of carbonyl (C=O) groups excluding carboxylic acids is 1. The van der Waals surface area contributed by atoms with E-state index in [1.807, 2.05) is 104 Å². The van der Waals surface area contributed by atoms with E-state index in [1.165, 1.54) is 0 Å². The lowest BCUT2D eigenvalue weighted by Crippen LogP contribution is -2.30. The van der Waals surface area contributed by atoms with Crippen molar-refractivity contribution in [3.63, 3.8) is 0 Å². The number of anilines is 1. The van der Waals surface area contributed by atoms with Crippen molar-refractivity contribution in [1.29, 1.82) is 0 Å². The zero-order chi connectivity index (χ0) is 21.8. The summed E-state index contributed by atoms with van der Waals surface area (Å²) in [6.07, 6.45) is 0.276. The van der Waals surface area contributed by atoms with Gasteiger partial charge < -0.3 is 15.3 Å². The van der Waals surface area contributed by atoms with Crippen molar-refractivity contribution in [2.24, 2.45) is 0 Å². The molecule has 0 aliphatic carbocycles. The molecule has 0 heterocycles. The molecule has 0 bridgehead atoms. The monoisotopic (exact) mass is 410 g/mol. The van der Waals surface area contributed by atoms with Gasteiger partial charge in [-0.2, -0.15) is 0 Å². The molecule has 0 radical (unpaired) electrons. The summed E-state index contributed by atoms with van der Waals surface area (Å²) in [5.41, 5.74) is 3.64. The van der Waals surface area contributed by atoms with Crippen LogP contribution in [-0.4, -0.2) is 25.1 Å². The molecular weight excluding hydrogens is 384 g/mol. The highest BCUT2D eigenvalue weighted by Gasteiger charge is 2.22. The molecule has 4 nitrogen and oxygen atoms in total. The van der Waals surface area contributed by atoms with E-state index in [2.05, 4.69) is 5.32 Å². The predicted octanol–water partition coefficient (Wildman–Crippen LogP) is 5.06. The molecule has 1 atom stereocenters. The molecular formula is C27H26N2O2. The number of phenolic OH excluding ortho intramolecular Hbond substituents is 1. The molecule has 0 fully saturated rings. The van der Waals surface area contributed by atoms with Crippen LogP contribution in [0, 0.1) is 0 Å². The third-order valence-corrected chi connectivity index (χ3v) is 5.49. The summed E-state index contributed by atoms with van der Waals surface area (Å²) in [6.45, 7) is 0. The number of benzene rings is 4. The maximum Gasteiger partial charge on any atom is 0.225 e. The first-order valence-electron chi connectivity index (χ1n) is 10.3. The fraction of sp³-hybridized carbons (Fsp3) is 0.148. The van der Waals surface area contributed by atoms with Gasteiger partial charge in [0.2, 0.25) is 5.91 Å². The van der Waals surface area contributed by atoms with Crippen LogP contribution in [0.3, 0.4) is 0 Å². The van der Waals surface area contributed by atoms with Crippen molar-refractivity contribution in [2.45, 2.75) is 12.5 Å². The molecule has 4 heteroatoms. The van der Waals surface area contributed by atoms with Gasteiger partial charge in [0.25, 0.3) is 0 Å². The van der Waals surface area contributed by atoms with E-state index < -0.39 is 6.04 Å². The minimum absolute atomic E-state index is 0.0970. The van der Waals surface area contributed by atoms with Crippen molar-refractivity contribution in [3.8, 4) is 5.75 Å². The average Bonchev–Trinajstić information content (AvgIpc) is 2.78. The van der Waals surface area contributed by atoms with Gasteiger partial charge in [-0.25, -0.2) is 0 Å². The Morgan fingerprint density at radius 3 is 2.26 bits per heavy atom. The lowest BCUT2D eigenvalue weighted by Gasteiger charge is -2.23. The second-order valence-corrected chi connectivity index (χ2v) is 7.87. The zero-order valence-corrected chi connectivity index (χ0v) is 17.7. The molecule has 31 heavy (non-hydrogen) atoms. The topological polar surface area (TPSA) is 52.6 Å². The summed E-state index contributed by atoms with van der Waals surface area (Å²) in [4.78, 5) is 15.0. The van der Waals surface area contributed by atoms with Gasteiger partial charge in [0, 0.05) is 25.3 Å². The van der Waals surface area contributed by atoms with Crippen LogP contribution in [0.4, 0.5) is 5.69 Å². The number of aromatic hydroxyl groups is 1. The highest BCUT2D eigenvalue weighted by atomic mass is 16.3. The SMILES string of the molecule is CN(C)c1ccc([C@@H](NC(=O)Cc2ccccc2)c2c(O)ccc3ccccc23)cc1. The molecule has 1 amide bonds. The van der Waals surface area contributed by atoms with Gasteiger partial charge >= 0.3 is 0 Å². The molecule has 4 rings (SSSR count). The Bertz CT molecular complexity index is 1190. The third-order valence-electron chi connectivity index (χ3n) is 5.49. The van der Waals surface area contributed by atoms with Crippen LogP contribution in [0.5, 0.6) is 5.75 Å². The lowest BCUT2D eigenvalue weighted by molar-refractivity contribution is -0.120. The summed E-state index contributed by atoms with van der Waals surface area (Å²) < 4.78 is 0. The van der Waals surface area contributed by atoms with Crippen LogP contribution < -0.4 is 10.2 Å². The first kappa shape index (κ1) is 20.5. The summed E-state index contributed by atoms with van der Waals surface area (Å²) in [5.74, 6) is 0.0700. The van der Waals surface area contributed by atoms with Crippen molar-refractivity contribution < 1.29 is 9.90 Å². The number of amides is 1. The van der Waals surface area contributed by atoms with E-state index in [4.69, 9.17) is 0 Å². The second kappa shape index (κ2) is 8.92. The molecule has 2 N–H and O–H groups in total. The van der Waals surface area contributed by atoms with E-state index in [0.717, 1.165) is 27.6 Å². The number of carbonyl (C=O) groups is 1. The summed E-state index contributed by atoms with van der Waals surface area (Å²) in [7, 11) is 3.98. The molecule has 4 aromatic carbocycles. The molecule has 0 saturated carbocycles. The first-order valence-corrected chi connectivity index (χ1v) is 10.3. The molecule has 0 aliphatic rings. The van der Waals surface area contributed by atoms with Crippen LogP contribution >= 0.6 is 0 Å². The molecule has 156 valence electrons. The van der Waals surface area contributed by atoms with Crippen LogP contribution in [-0.2, 0) is 11.2 Å². The van der Waals surface area contributed by atoms with Crippen LogP contribution in [0.25, 0.3) is 10.8 Å². The minimum atomic E-state index is -0.474. The second-order valence-electron chi connectivity index (χ2n) is 7.87. The number of hydrogen-bond donors (Lipinski definition) is 2. The third kappa shape index (κ3) is 4.53. The van der Waals surface area contributed by atoms with Gasteiger partial charge in [0.05, 0.1) is 12.5 Å². The van der Waals surface area contributed by atoms with Gasteiger partial charge in [-0.3, -0.25) is 4.79 Å². The van der Waals surface area contributed by atoms with E-state index in [-0.39, 0.29) is 18.1 Å². The summed E-state index contributed by atoms with van der Waals surface area (Å²) in [6, 6.07) is 28.7. The quantitative estimate of drug-likeness (QED) is 0.467. The average molecular weight is 411 g/mol. The zero-order valence-electron chi connectivity index (χ0n) is 17.7. The minimum Gasteiger partial charge on any atom is -0.508 e. The van der Waals surface area contributed by atoms with Crippen molar-refractivity contribution in [2.75, 3.05) is 19.0 Å². The van der Waals surface area contributed by atoms with Gasteiger partial charge in [0.1, 0.15) is 5.75 Å². The maximum atomic E-state index is 13.0. The van der Waals surface area contributed by atoms with Gasteiger partial charge in [-0.1, -0.05) is 72.8 Å². The number of nitrogens with one attached hydrogen (secondary N) is 1. The molecule has 0 saturated heterocycles. The standard InChI is InChI=1S/C27H26N2O2/c1-29(2)22-15-12-21(13-16-22)27(28-25(31)18-19-8-4-3-5-9-19)26-23-11-7-6-10-20(23)14-17-24(26)30/h3-17,27,30H,18H2,1-2H3,(H,28,31)/t27-/m1/s1. The summed E-state index contributed by atoms with van der Waals surface area (Å²) >= 11 is 0. The fourth-order valence-electron chi connectivity index (χ4n) is 3.87. The van der Waals surface area contributed by atoms with Gasteiger partial charge in [-0.05, 0) is 40.1 Å². The first-order chi connectivity index (χ1) is 15.0. The van der Waals surface area contributed by atoms with E-state index >= 15 is 0 Å². The predicted molar refractivity (Wildman–Crippen MR) is 127 cm³/mol. The Balaban J connectivity index is 1.76. The molecule has 4 aromatic rings. The Morgan fingerprint density at radius 1 is 0.871 bits per heavy atom. The number of rotatable bonds is 6. The fourth-order valence-corrected chi connectivity index (χ4v) is 3.87. The molecule has 0 aromatic heterocycles. The lowest BCUT2D eigenvalue weighted by atomic mass is 9.92. The molecule has 0 unspecified atom stereocenters. The van der Waals surface area contributed by atoms with Crippen LogP contribution in [0.1, 0.15) is 22.7 Å². The van der Waals surface area contributed by atoms with Gasteiger partial charge in [-0.15, -0.1) is 0 Å². The van der Waals surface area contributed by atoms with Crippen molar-refractivity contribution in [3.05, 3.63) is 108 Å². The van der Waals surface area contributed by atoms with E-state index in [0.29, 0.717) is 5.56 Å². The summed E-state index contributed by atoms with van der Waals surface area (Å²) in [5, 5.41) is 15.9. The number of nitrogens with zero attached hydrogens (tertiary/aromatic N) is 1. The molecule has 0 spiro atoms. The van der Waals surface area contributed by atoms with E-state index in [1.54, 1.807) is 6.07 Å². The van der Waals surface area contributed by atoms with E-state index in [9.17, 15) is 9.90 Å². The smallest absolute Gasteiger partial charge is 0.225 e. The van der Waals surface area contributed by atoms with Crippen molar-refractivity contribution >= 4 is 22.4 Å². The maximum absolute atomic E-state index is 13.0. The Kier molecular flexibility index (Phi) is 5.89. The van der Waals surface area contributed by atoms with Crippen LogP contribution in [0.2, 0.25) is 0 Å². The number of fused-ring (bicyclic) bond motifs is 1. The largest absolute Gasteiger partial charge is 0.508 e. The Hall–Kier alpha value is -3.79. The Labute approximate surface area is 182 Å².